The molecule has 0 radical (unpaired) electrons. The van der Waals surface area contributed by atoms with Crippen LogP contribution in [0.3, 0.4) is 0 Å². The van der Waals surface area contributed by atoms with E-state index >= 15 is 0 Å². The molecule has 1 heterocycles. The Labute approximate surface area is 180 Å². The Hall–Kier alpha value is -4.06. The van der Waals surface area contributed by atoms with Crippen molar-refractivity contribution in [3.05, 3.63) is 95.7 Å². The zero-order valence-corrected chi connectivity index (χ0v) is 17.3. The van der Waals surface area contributed by atoms with E-state index in [9.17, 15) is 9.59 Å². The first-order valence-corrected chi connectivity index (χ1v) is 9.82. The number of hydrogen-bond acceptors (Lipinski definition) is 5. The third-order valence-corrected chi connectivity index (χ3v) is 5.09. The van der Waals surface area contributed by atoms with Crippen LogP contribution in [-0.4, -0.2) is 30.9 Å². The molecule has 0 aliphatic carbocycles. The second-order valence-corrected chi connectivity index (χ2v) is 6.96. The van der Waals surface area contributed by atoms with Crippen molar-refractivity contribution in [2.45, 2.75) is 6.54 Å². The SMILES string of the molecule is COc1ccccc1NC1=C(c2ccccc2OC)C(=O)N(Cc2ccccc2)C1=O. The number of benzene rings is 3. The third kappa shape index (κ3) is 3.88. The Morgan fingerprint density at radius 3 is 2.06 bits per heavy atom. The molecule has 0 unspecified atom stereocenters. The molecule has 1 aliphatic rings. The van der Waals surface area contributed by atoms with E-state index in [0.717, 1.165) is 5.56 Å². The molecule has 6 nitrogen and oxygen atoms in total. The highest BCUT2D eigenvalue weighted by Crippen LogP contribution is 2.37. The molecule has 0 bridgehead atoms. The fourth-order valence-corrected chi connectivity index (χ4v) is 3.59. The maximum Gasteiger partial charge on any atom is 0.278 e. The number of amides is 2. The van der Waals surface area contributed by atoms with Gasteiger partial charge in [-0.15, -0.1) is 0 Å². The standard InChI is InChI=1S/C25H22N2O4/c1-30-20-14-8-6-12-18(20)22-23(26-19-13-7-9-15-21(19)31-2)25(29)27(24(22)28)16-17-10-4-3-5-11-17/h3-15,26H,16H2,1-2H3. The summed E-state index contributed by atoms with van der Waals surface area (Å²) in [5, 5.41) is 3.14. The van der Waals surface area contributed by atoms with E-state index < -0.39 is 5.91 Å². The third-order valence-electron chi connectivity index (χ3n) is 5.09. The van der Waals surface area contributed by atoms with Crippen LogP contribution in [-0.2, 0) is 16.1 Å². The summed E-state index contributed by atoms with van der Waals surface area (Å²) in [6.07, 6.45) is 0. The van der Waals surface area contributed by atoms with Gasteiger partial charge in [-0.05, 0) is 23.8 Å². The Morgan fingerprint density at radius 1 is 0.742 bits per heavy atom. The molecular weight excluding hydrogens is 392 g/mol. The summed E-state index contributed by atoms with van der Waals surface area (Å²) < 4.78 is 10.9. The van der Waals surface area contributed by atoms with Crippen molar-refractivity contribution in [2.24, 2.45) is 0 Å². The average molecular weight is 414 g/mol. The van der Waals surface area contributed by atoms with Gasteiger partial charge >= 0.3 is 0 Å². The lowest BCUT2D eigenvalue weighted by molar-refractivity contribution is -0.137. The lowest BCUT2D eigenvalue weighted by Crippen LogP contribution is -2.32. The summed E-state index contributed by atoms with van der Waals surface area (Å²) in [5.74, 6) is 0.298. The molecule has 3 aromatic carbocycles. The van der Waals surface area contributed by atoms with Crippen LogP contribution >= 0.6 is 0 Å². The Bertz CT molecular complexity index is 1150. The van der Waals surface area contributed by atoms with Gasteiger partial charge in [-0.3, -0.25) is 14.5 Å². The highest BCUT2D eigenvalue weighted by Gasteiger charge is 2.40. The summed E-state index contributed by atoms with van der Waals surface area (Å²) in [5.41, 5.74) is 2.47. The van der Waals surface area contributed by atoms with E-state index in [4.69, 9.17) is 9.47 Å². The van der Waals surface area contributed by atoms with Gasteiger partial charge in [0, 0.05) is 5.56 Å². The van der Waals surface area contributed by atoms with E-state index in [1.54, 1.807) is 31.4 Å². The largest absolute Gasteiger partial charge is 0.496 e. The molecule has 0 saturated heterocycles. The zero-order chi connectivity index (χ0) is 21.8. The normalized spacial score (nSPS) is 13.5. The molecule has 4 rings (SSSR count). The number of imide groups is 1. The van der Waals surface area contributed by atoms with Crippen LogP contribution < -0.4 is 14.8 Å². The molecule has 1 N–H and O–H groups in total. The van der Waals surface area contributed by atoms with Crippen LogP contribution in [0.25, 0.3) is 5.57 Å². The molecule has 0 saturated carbocycles. The van der Waals surface area contributed by atoms with E-state index in [1.165, 1.54) is 12.0 Å². The smallest absolute Gasteiger partial charge is 0.278 e. The molecule has 156 valence electrons. The van der Waals surface area contributed by atoms with Crippen molar-refractivity contribution >= 4 is 23.1 Å². The molecule has 31 heavy (non-hydrogen) atoms. The molecule has 0 aromatic heterocycles. The number of para-hydroxylation sites is 3. The predicted octanol–water partition coefficient (Wildman–Crippen LogP) is 4.10. The zero-order valence-electron chi connectivity index (χ0n) is 17.3. The van der Waals surface area contributed by atoms with Crippen molar-refractivity contribution in [2.75, 3.05) is 19.5 Å². The van der Waals surface area contributed by atoms with Crippen molar-refractivity contribution < 1.29 is 19.1 Å². The fourth-order valence-electron chi connectivity index (χ4n) is 3.59. The molecule has 0 spiro atoms. The van der Waals surface area contributed by atoms with Gasteiger partial charge in [0.25, 0.3) is 11.8 Å². The van der Waals surface area contributed by atoms with Crippen LogP contribution in [0.4, 0.5) is 5.69 Å². The summed E-state index contributed by atoms with van der Waals surface area (Å²) in [6.45, 7) is 0.175. The second kappa shape index (κ2) is 8.75. The van der Waals surface area contributed by atoms with Gasteiger partial charge in [-0.2, -0.15) is 0 Å². The lowest BCUT2D eigenvalue weighted by atomic mass is 10.0. The van der Waals surface area contributed by atoms with Gasteiger partial charge in [-0.1, -0.05) is 60.7 Å². The van der Waals surface area contributed by atoms with Crippen LogP contribution in [0.15, 0.2) is 84.6 Å². The van der Waals surface area contributed by atoms with Gasteiger partial charge in [0.15, 0.2) is 0 Å². The Kier molecular flexibility index (Phi) is 5.71. The van der Waals surface area contributed by atoms with E-state index in [1.807, 2.05) is 54.6 Å². The maximum absolute atomic E-state index is 13.5. The molecule has 2 amide bonds. The number of hydrogen-bond donors (Lipinski definition) is 1. The van der Waals surface area contributed by atoms with Gasteiger partial charge in [0.2, 0.25) is 0 Å². The van der Waals surface area contributed by atoms with Crippen molar-refractivity contribution in [1.29, 1.82) is 0 Å². The highest BCUT2D eigenvalue weighted by atomic mass is 16.5. The Morgan fingerprint density at radius 2 is 1.35 bits per heavy atom. The number of carbonyl (C=O) groups excluding carboxylic acids is 2. The van der Waals surface area contributed by atoms with Gasteiger partial charge in [0.05, 0.1) is 32.0 Å². The van der Waals surface area contributed by atoms with Crippen LogP contribution in [0.2, 0.25) is 0 Å². The minimum absolute atomic E-state index is 0.175. The van der Waals surface area contributed by atoms with Crippen LogP contribution in [0.1, 0.15) is 11.1 Å². The fraction of sp³-hybridized carbons (Fsp3) is 0.120. The van der Waals surface area contributed by atoms with Crippen molar-refractivity contribution in [3.63, 3.8) is 0 Å². The number of methoxy groups -OCH3 is 2. The monoisotopic (exact) mass is 414 g/mol. The van der Waals surface area contributed by atoms with E-state index in [2.05, 4.69) is 5.32 Å². The minimum Gasteiger partial charge on any atom is -0.496 e. The quantitative estimate of drug-likeness (QED) is 0.590. The molecule has 6 heteroatoms. The van der Waals surface area contributed by atoms with Gasteiger partial charge in [-0.25, -0.2) is 0 Å². The van der Waals surface area contributed by atoms with Crippen molar-refractivity contribution in [3.8, 4) is 11.5 Å². The molecule has 0 atom stereocenters. The van der Waals surface area contributed by atoms with E-state index in [0.29, 0.717) is 22.7 Å². The number of nitrogens with one attached hydrogen (secondary N) is 1. The maximum atomic E-state index is 13.5. The number of ether oxygens (including phenoxy) is 2. The number of carbonyl (C=O) groups is 2. The topological polar surface area (TPSA) is 67.9 Å². The minimum atomic E-state index is -0.402. The molecule has 1 aliphatic heterocycles. The number of anilines is 1. The average Bonchev–Trinajstić information content (AvgIpc) is 3.04. The van der Waals surface area contributed by atoms with E-state index in [-0.39, 0.29) is 23.7 Å². The first-order chi connectivity index (χ1) is 15.1. The summed E-state index contributed by atoms with van der Waals surface area (Å²) >= 11 is 0. The summed E-state index contributed by atoms with van der Waals surface area (Å²) in [6, 6.07) is 23.8. The molecule has 0 fully saturated rings. The van der Waals surface area contributed by atoms with Crippen LogP contribution in [0, 0.1) is 0 Å². The lowest BCUT2D eigenvalue weighted by Gasteiger charge is -2.16. The first-order valence-electron chi connectivity index (χ1n) is 9.82. The predicted molar refractivity (Wildman–Crippen MR) is 119 cm³/mol. The Balaban J connectivity index is 1.81. The summed E-state index contributed by atoms with van der Waals surface area (Å²) in [4.78, 5) is 28.1. The second-order valence-electron chi connectivity index (χ2n) is 6.96. The molecule has 3 aromatic rings. The number of rotatable bonds is 7. The highest BCUT2D eigenvalue weighted by molar-refractivity contribution is 6.37. The number of nitrogens with zero attached hydrogens (tertiary/aromatic N) is 1. The van der Waals surface area contributed by atoms with Crippen LogP contribution in [0.5, 0.6) is 11.5 Å². The van der Waals surface area contributed by atoms with Gasteiger partial charge < -0.3 is 14.8 Å². The first kappa shape index (κ1) is 20.2. The van der Waals surface area contributed by atoms with Crippen molar-refractivity contribution in [1.82, 2.24) is 4.90 Å². The van der Waals surface area contributed by atoms with Gasteiger partial charge in [0.1, 0.15) is 17.2 Å². The summed E-state index contributed by atoms with van der Waals surface area (Å²) in [7, 11) is 3.09. The molecular formula is C25H22N2O4.